The van der Waals surface area contributed by atoms with Crippen molar-refractivity contribution in [1.82, 2.24) is 19.4 Å². The molecule has 0 aliphatic carbocycles. The van der Waals surface area contributed by atoms with Gasteiger partial charge in [-0.1, -0.05) is 6.07 Å². The average molecular weight is 296 g/mol. The fourth-order valence-corrected chi connectivity index (χ4v) is 3.18. The van der Waals surface area contributed by atoms with E-state index in [9.17, 15) is 9.59 Å². The molecule has 1 atom stereocenters. The van der Waals surface area contributed by atoms with Crippen LogP contribution in [0.1, 0.15) is 12.5 Å². The normalized spacial score (nSPS) is 18.1. The number of hydrogen-bond acceptors (Lipinski definition) is 3. The molecule has 1 unspecified atom stereocenters. The fourth-order valence-electron chi connectivity index (χ4n) is 3.18. The second kappa shape index (κ2) is 4.99. The third kappa shape index (κ3) is 2.00. The lowest BCUT2D eigenvalue weighted by molar-refractivity contribution is 0.565. The number of fused-ring (bicyclic) bond motifs is 1. The van der Waals surface area contributed by atoms with E-state index in [-0.39, 0.29) is 5.56 Å². The first-order valence-electron chi connectivity index (χ1n) is 7.37. The SMILES string of the molecule is O=c1ccn(-c2cccc3c2ccn3C2CCNC2)c(=O)[nH]1. The van der Waals surface area contributed by atoms with Crippen LogP contribution < -0.4 is 16.6 Å². The summed E-state index contributed by atoms with van der Waals surface area (Å²) in [6, 6.07) is 9.72. The van der Waals surface area contributed by atoms with E-state index in [1.807, 2.05) is 18.2 Å². The molecule has 1 fully saturated rings. The summed E-state index contributed by atoms with van der Waals surface area (Å²) in [4.78, 5) is 25.6. The Morgan fingerprint density at radius 2 is 2.00 bits per heavy atom. The predicted molar refractivity (Wildman–Crippen MR) is 84.7 cm³/mol. The highest BCUT2D eigenvalue weighted by Crippen LogP contribution is 2.27. The molecule has 4 rings (SSSR count). The molecule has 6 heteroatoms. The van der Waals surface area contributed by atoms with Crippen LogP contribution in [-0.2, 0) is 0 Å². The van der Waals surface area contributed by atoms with Crippen LogP contribution in [0, 0.1) is 0 Å². The van der Waals surface area contributed by atoms with Gasteiger partial charge in [0.15, 0.2) is 0 Å². The Bertz CT molecular complexity index is 944. The van der Waals surface area contributed by atoms with Crippen LogP contribution >= 0.6 is 0 Å². The summed E-state index contributed by atoms with van der Waals surface area (Å²) in [5, 5.41) is 4.37. The van der Waals surface area contributed by atoms with Crippen LogP contribution in [0.25, 0.3) is 16.6 Å². The van der Waals surface area contributed by atoms with Gasteiger partial charge in [0.25, 0.3) is 5.56 Å². The molecular formula is C16H16N4O2. The smallest absolute Gasteiger partial charge is 0.332 e. The number of H-pyrrole nitrogens is 1. The Morgan fingerprint density at radius 1 is 1.09 bits per heavy atom. The molecule has 2 N–H and O–H groups in total. The van der Waals surface area contributed by atoms with Crippen molar-refractivity contribution < 1.29 is 0 Å². The van der Waals surface area contributed by atoms with E-state index in [0.29, 0.717) is 6.04 Å². The van der Waals surface area contributed by atoms with Gasteiger partial charge in [0, 0.05) is 36.4 Å². The largest absolute Gasteiger partial charge is 0.343 e. The van der Waals surface area contributed by atoms with Crippen molar-refractivity contribution in [3.05, 3.63) is 63.6 Å². The minimum Gasteiger partial charge on any atom is -0.343 e. The number of nitrogens with zero attached hydrogens (tertiary/aromatic N) is 2. The van der Waals surface area contributed by atoms with Crippen LogP contribution in [0.2, 0.25) is 0 Å². The van der Waals surface area contributed by atoms with Crippen molar-refractivity contribution in [1.29, 1.82) is 0 Å². The highest BCUT2D eigenvalue weighted by Gasteiger charge is 2.18. The molecule has 2 aromatic heterocycles. The lowest BCUT2D eigenvalue weighted by Gasteiger charge is -2.13. The number of rotatable bonds is 2. The Labute approximate surface area is 126 Å². The summed E-state index contributed by atoms with van der Waals surface area (Å²) < 4.78 is 3.73. The van der Waals surface area contributed by atoms with Gasteiger partial charge in [0.1, 0.15) is 0 Å². The summed E-state index contributed by atoms with van der Waals surface area (Å²) in [5.74, 6) is 0. The minimum absolute atomic E-state index is 0.386. The standard InChI is InChI=1S/C16H16N4O2/c21-15-6-9-20(16(22)18-15)14-3-1-2-13-12(14)5-8-19(13)11-4-7-17-10-11/h1-3,5-6,8-9,11,17H,4,7,10H2,(H,18,21,22). The highest BCUT2D eigenvalue weighted by atomic mass is 16.2. The maximum absolute atomic E-state index is 12.0. The topological polar surface area (TPSA) is 71.8 Å². The maximum atomic E-state index is 12.0. The molecule has 1 aliphatic heterocycles. The van der Waals surface area contributed by atoms with Gasteiger partial charge in [0.2, 0.25) is 0 Å². The maximum Gasteiger partial charge on any atom is 0.332 e. The van der Waals surface area contributed by atoms with Crippen LogP contribution in [0.3, 0.4) is 0 Å². The zero-order valence-electron chi connectivity index (χ0n) is 12.0. The van der Waals surface area contributed by atoms with Gasteiger partial charge in [-0.25, -0.2) is 4.79 Å². The van der Waals surface area contributed by atoms with Crippen LogP contribution in [0.15, 0.2) is 52.3 Å². The van der Waals surface area contributed by atoms with Crippen molar-refractivity contribution in [3.8, 4) is 5.69 Å². The monoisotopic (exact) mass is 296 g/mol. The predicted octanol–water partition coefficient (Wildman–Crippen LogP) is 1.01. The van der Waals surface area contributed by atoms with Gasteiger partial charge in [0.05, 0.1) is 11.2 Å². The third-order valence-corrected chi connectivity index (χ3v) is 4.25. The van der Waals surface area contributed by atoms with Gasteiger partial charge in [-0.2, -0.15) is 0 Å². The van der Waals surface area contributed by atoms with E-state index >= 15 is 0 Å². The zero-order chi connectivity index (χ0) is 15.1. The van der Waals surface area contributed by atoms with Gasteiger partial charge < -0.3 is 9.88 Å². The molecule has 112 valence electrons. The quantitative estimate of drug-likeness (QED) is 0.741. The summed E-state index contributed by atoms with van der Waals surface area (Å²) in [5.41, 5.74) is 1.08. The number of benzene rings is 1. The molecule has 0 spiro atoms. The Hall–Kier alpha value is -2.60. The van der Waals surface area contributed by atoms with E-state index in [1.54, 1.807) is 0 Å². The van der Waals surface area contributed by atoms with Crippen LogP contribution in [0.4, 0.5) is 0 Å². The fraction of sp³-hybridized carbons (Fsp3) is 0.250. The zero-order valence-corrected chi connectivity index (χ0v) is 12.0. The number of aromatic amines is 1. The molecule has 6 nitrogen and oxygen atoms in total. The molecule has 0 radical (unpaired) electrons. The van der Waals surface area contributed by atoms with Gasteiger partial charge >= 0.3 is 5.69 Å². The lowest BCUT2D eigenvalue weighted by atomic mass is 10.2. The van der Waals surface area contributed by atoms with Gasteiger partial charge in [-0.3, -0.25) is 14.3 Å². The number of aromatic nitrogens is 3. The molecule has 0 saturated carbocycles. The van der Waals surface area contributed by atoms with E-state index < -0.39 is 5.69 Å². The van der Waals surface area contributed by atoms with Crippen molar-refractivity contribution in [3.63, 3.8) is 0 Å². The molecule has 0 bridgehead atoms. The molecule has 0 amide bonds. The first-order chi connectivity index (χ1) is 10.7. The molecule has 3 heterocycles. The van der Waals surface area contributed by atoms with E-state index in [4.69, 9.17) is 0 Å². The Balaban J connectivity index is 1.92. The molecular weight excluding hydrogens is 280 g/mol. The summed E-state index contributed by atoms with van der Waals surface area (Å²) in [6.45, 7) is 2.00. The molecule has 22 heavy (non-hydrogen) atoms. The molecule has 1 aliphatic rings. The van der Waals surface area contributed by atoms with Crippen molar-refractivity contribution in [2.75, 3.05) is 13.1 Å². The average Bonchev–Trinajstić information content (AvgIpc) is 3.16. The van der Waals surface area contributed by atoms with E-state index in [2.05, 4.69) is 27.1 Å². The molecule has 1 aromatic carbocycles. The van der Waals surface area contributed by atoms with E-state index in [0.717, 1.165) is 36.1 Å². The first-order valence-corrected chi connectivity index (χ1v) is 7.37. The summed E-state index contributed by atoms with van der Waals surface area (Å²) >= 11 is 0. The van der Waals surface area contributed by atoms with Crippen molar-refractivity contribution in [2.45, 2.75) is 12.5 Å². The summed E-state index contributed by atoms with van der Waals surface area (Å²) in [6.07, 6.45) is 4.69. The highest BCUT2D eigenvalue weighted by molar-refractivity contribution is 5.88. The van der Waals surface area contributed by atoms with E-state index in [1.165, 1.54) is 16.8 Å². The Morgan fingerprint density at radius 3 is 2.77 bits per heavy atom. The van der Waals surface area contributed by atoms with Crippen molar-refractivity contribution in [2.24, 2.45) is 0 Å². The second-order valence-electron chi connectivity index (χ2n) is 5.56. The van der Waals surface area contributed by atoms with Crippen LogP contribution in [0.5, 0.6) is 0 Å². The molecule has 3 aromatic rings. The lowest BCUT2D eigenvalue weighted by Crippen LogP contribution is -2.27. The van der Waals surface area contributed by atoms with Crippen LogP contribution in [-0.4, -0.2) is 27.2 Å². The van der Waals surface area contributed by atoms with Crippen molar-refractivity contribution >= 4 is 10.9 Å². The minimum atomic E-state index is -0.421. The summed E-state index contributed by atoms with van der Waals surface area (Å²) in [7, 11) is 0. The Kier molecular flexibility index (Phi) is 2.97. The van der Waals surface area contributed by atoms with Gasteiger partial charge in [-0.15, -0.1) is 0 Å². The third-order valence-electron chi connectivity index (χ3n) is 4.25. The number of nitrogens with one attached hydrogen (secondary N) is 2. The molecule has 1 saturated heterocycles. The van der Waals surface area contributed by atoms with Gasteiger partial charge in [-0.05, 0) is 31.2 Å². The number of hydrogen-bond donors (Lipinski definition) is 2. The first kappa shape index (κ1) is 13.1. The second-order valence-corrected chi connectivity index (χ2v) is 5.56.